The topological polar surface area (TPSA) is 4.93 Å². The van der Waals surface area contributed by atoms with E-state index < -0.39 is 0 Å². The SMILES string of the molecule is CC.CC1(C)c2cc(-n3c4ccccc4c4cc(C5=CC=C6C=CC=CC6C5)ccc43)ccc2-c2ccc3sc4c(c3c21)C=CCC4. The summed E-state index contributed by atoms with van der Waals surface area (Å²) in [6.07, 6.45) is 21.7. The second-order valence-corrected chi connectivity index (χ2v) is 14.7. The second-order valence-electron chi connectivity index (χ2n) is 13.6. The maximum atomic E-state index is 2.49. The predicted octanol–water partition coefficient (Wildman–Crippen LogP) is 12.7. The molecule has 0 amide bonds. The Balaban J connectivity index is 0.00000149. The number of hydrogen-bond acceptors (Lipinski definition) is 1. The molecule has 0 aliphatic heterocycles. The molecular weight excluding hydrogens is 587 g/mol. The second kappa shape index (κ2) is 10.7. The molecule has 47 heavy (non-hydrogen) atoms. The van der Waals surface area contributed by atoms with Crippen LogP contribution in [0.25, 0.3) is 60.4 Å². The molecule has 4 aliphatic rings. The normalized spacial score (nSPS) is 18.3. The number of aromatic nitrogens is 1. The van der Waals surface area contributed by atoms with Crippen LogP contribution in [0.2, 0.25) is 0 Å². The summed E-state index contributed by atoms with van der Waals surface area (Å²) < 4.78 is 3.92. The fraction of sp³-hybridized carbons (Fsp3) is 0.200. The number of aryl methyl sites for hydroxylation is 1. The van der Waals surface area contributed by atoms with E-state index in [4.69, 9.17) is 0 Å². The fourth-order valence-corrected chi connectivity index (χ4v) is 9.82. The molecule has 6 aromatic rings. The summed E-state index contributed by atoms with van der Waals surface area (Å²) in [7, 11) is 0. The Bertz CT molecular complexity index is 2430. The number of rotatable bonds is 2. The van der Waals surface area contributed by atoms with Crippen molar-refractivity contribution in [3.05, 3.63) is 148 Å². The minimum Gasteiger partial charge on any atom is -0.309 e. The van der Waals surface area contributed by atoms with Gasteiger partial charge in [0.2, 0.25) is 0 Å². The minimum atomic E-state index is -0.0885. The van der Waals surface area contributed by atoms with E-state index in [1.165, 1.54) is 82.1 Å². The van der Waals surface area contributed by atoms with Crippen molar-refractivity contribution in [1.82, 2.24) is 4.57 Å². The quantitative estimate of drug-likeness (QED) is 0.180. The standard InChI is InChI=1S/C43H33NS.C2H6/c1-43(2)36-25-30(18-19-31(36)33-20-22-40-41(42(33)43)34-12-6-8-14-39(34)45-40)44-37-13-7-5-11-32(37)35-24-29(17-21-38(35)44)28-16-15-26-9-3-4-10-27(26)23-28;1-2/h3-7,9-13,15-22,24-25,27H,8,14,23H2,1-2H3;1-2H3. The maximum Gasteiger partial charge on any atom is 0.0541 e. The monoisotopic (exact) mass is 625 g/mol. The molecule has 0 fully saturated rings. The van der Waals surface area contributed by atoms with Crippen LogP contribution in [0.5, 0.6) is 0 Å². The highest BCUT2D eigenvalue weighted by atomic mass is 32.1. The van der Waals surface area contributed by atoms with Crippen molar-refractivity contribution in [2.24, 2.45) is 5.92 Å². The van der Waals surface area contributed by atoms with Crippen LogP contribution in [0, 0.1) is 5.92 Å². The van der Waals surface area contributed by atoms with Crippen molar-refractivity contribution < 1.29 is 0 Å². The molecule has 2 heterocycles. The summed E-state index contributed by atoms with van der Waals surface area (Å²) in [6, 6.07) is 28.0. The van der Waals surface area contributed by atoms with Crippen LogP contribution in [-0.4, -0.2) is 4.57 Å². The van der Waals surface area contributed by atoms with Gasteiger partial charge in [-0.25, -0.2) is 0 Å². The lowest BCUT2D eigenvalue weighted by atomic mass is 9.80. The molecular formula is C45H39NS. The zero-order valence-corrected chi connectivity index (χ0v) is 28.4. The molecule has 0 spiro atoms. The van der Waals surface area contributed by atoms with Gasteiger partial charge in [0.15, 0.2) is 0 Å². The number of para-hydroxylation sites is 1. The van der Waals surface area contributed by atoms with Crippen LogP contribution >= 0.6 is 11.3 Å². The van der Waals surface area contributed by atoms with Crippen molar-refractivity contribution in [3.8, 4) is 16.8 Å². The average molecular weight is 626 g/mol. The molecule has 0 bridgehead atoms. The zero-order valence-electron chi connectivity index (χ0n) is 27.6. The minimum absolute atomic E-state index is 0.0885. The van der Waals surface area contributed by atoms with E-state index in [-0.39, 0.29) is 5.41 Å². The molecule has 0 N–H and O–H groups in total. The molecule has 10 rings (SSSR count). The Morgan fingerprint density at radius 2 is 1.66 bits per heavy atom. The van der Waals surface area contributed by atoms with Crippen molar-refractivity contribution in [3.63, 3.8) is 0 Å². The van der Waals surface area contributed by atoms with Crippen LogP contribution in [-0.2, 0) is 11.8 Å². The van der Waals surface area contributed by atoms with Crippen LogP contribution in [0.1, 0.15) is 67.7 Å². The number of nitrogens with zero attached hydrogens (tertiary/aromatic N) is 1. The maximum absolute atomic E-state index is 2.49. The van der Waals surface area contributed by atoms with Crippen molar-refractivity contribution in [1.29, 1.82) is 0 Å². The summed E-state index contributed by atoms with van der Waals surface area (Å²) in [6.45, 7) is 8.87. The highest BCUT2D eigenvalue weighted by Crippen LogP contribution is 2.54. The summed E-state index contributed by atoms with van der Waals surface area (Å²) in [5.74, 6) is 0.475. The van der Waals surface area contributed by atoms with E-state index in [1.54, 1.807) is 4.88 Å². The Morgan fingerprint density at radius 1 is 0.809 bits per heavy atom. The van der Waals surface area contributed by atoms with Gasteiger partial charge in [0.25, 0.3) is 0 Å². The molecule has 1 nitrogen and oxygen atoms in total. The lowest BCUT2D eigenvalue weighted by Crippen LogP contribution is -2.16. The van der Waals surface area contributed by atoms with E-state index in [9.17, 15) is 0 Å². The molecule has 1 atom stereocenters. The van der Waals surface area contributed by atoms with Crippen LogP contribution in [0.15, 0.2) is 121 Å². The van der Waals surface area contributed by atoms with Crippen LogP contribution in [0.3, 0.4) is 0 Å². The van der Waals surface area contributed by atoms with E-state index in [2.05, 4.69) is 140 Å². The average Bonchev–Trinajstić information content (AvgIpc) is 3.74. The molecule has 2 aromatic heterocycles. The van der Waals surface area contributed by atoms with Gasteiger partial charge in [-0.2, -0.15) is 0 Å². The smallest absolute Gasteiger partial charge is 0.0541 e. The molecule has 0 radical (unpaired) electrons. The third-order valence-corrected chi connectivity index (χ3v) is 12.0. The van der Waals surface area contributed by atoms with E-state index in [0.29, 0.717) is 5.92 Å². The summed E-state index contributed by atoms with van der Waals surface area (Å²) >= 11 is 2.00. The van der Waals surface area contributed by atoms with Crippen molar-refractivity contribution >= 4 is 54.9 Å². The van der Waals surface area contributed by atoms with Crippen molar-refractivity contribution in [2.75, 3.05) is 0 Å². The zero-order chi connectivity index (χ0) is 31.9. The van der Waals surface area contributed by atoms with Gasteiger partial charge in [-0.15, -0.1) is 11.3 Å². The highest BCUT2D eigenvalue weighted by Gasteiger charge is 2.38. The fourth-order valence-electron chi connectivity index (χ4n) is 8.60. The number of fused-ring (bicyclic) bond motifs is 11. The van der Waals surface area contributed by atoms with Gasteiger partial charge in [-0.05, 0) is 100 Å². The van der Waals surface area contributed by atoms with Gasteiger partial charge in [-0.3, -0.25) is 0 Å². The number of allylic oxidation sites excluding steroid dienone is 9. The van der Waals surface area contributed by atoms with E-state index in [0.717, 1.165) is 19.3 Å². The van der Waals surface area contributed by atoms with Gasteiger partial charge >= 0.3 is 0 Å². The Kier molecular flexibility index (Phi) is 6.49. The molecule has 0 saturated heterocycles. The number of benzene rings is 4. The van der Waals surface area contributed by atoms with Gasteiger partial charge in [0.1, 0.15) is 0 Å². The molecule has 2 heteroatoms. The first kappa shape index (κ1) is 28.6. The molecule has 4 aromatic carbocycles. The molecule has 0 saturated carbocycles. The third kappa shape index (κ3) is 4.14. The van der Waals surface area contributed by atoms with Gasteiger partial charge < -0.3 is 4.57 Å². The summed E-state index contributed by atoms with van der Waals surface area (Å²) in [5.41, 5.74) is 15.0. The summed E-state index contributed by atoms with van der Waals surface area (Å²) in [4.78, 5) is 1.55. The van der Waals surface area contributed by atoms with Gasteiger partial charge in [0, 0.05) is 42.8 Å². The van der Waals surface area contributed by atoms with Gasteiger partial charge in [0.05, 0.1) is 11.0 Å². The molecule has 230 valence electrons. The predicted molar refractivity (Wildman–Crippen MR) is 205 cm³/mol. The molecule has 4 aliphatic carbocycles. The first-order valence-corrected chi connectivity index (χ1v) is 18.1. The summed E-state index contributed by atoms with van der Waals surface area (Å²) in [5, 5.41) is 4.11. The third-order valence-electron chi connectivity index (χ3n) is 10.8. The molecule has 1 unspecified atom stereocenters. The lowest BCUT2D eigenvalue weighted by Gasteiger charge is -2.24. The Morgan fingerprint density at radius 3 is 2.57 bits per heavy atom. The van der Waals surface area contributed by atoms with Crippen molar-refractivity contribution in [2.45, 2.75) is 52.4 Å². The number of thiophene rings is 1. The van der Waals surface area contributed by atoms with E-state index in [1.807, 2.05) is 25.2 Å². The lowest BCUT2D eigenvalue weighted by molar-refractivity contribution is 0.665. The Labute approximate surface area is 281 Å². The highest BCUT2D eigenvalue weighted by molar-refractivity contribution is 7.19. The largest absolute Gasteiger partial charge is 0.309 e. The van der Waals surface area contributed by atoms with E-state index >= 15 is 0 Å². The van der Waals surface area contributed by atoms with Crippen LogP contribution in [0.4, 0.5) is 0 Å². The number of hydrogen-bond donors (Lipinski definition) is 0. The Hall–Kier alpha value is -4.66. The first-order chi connectivity index (χ1) is 23.1. The first-order valence-electron chi connectivity index (χ1n) is 17.3. The van der Waals surface area contributed by atoms with Gasteiger partial charge in [-0.1, -0.05) is 113 Å². The van der Waals surface area contributed by atoms with Crippen LogP contribution < -0.4 is 0 Å².